The number of likely N-dealkylation sites (N-methyl/N-ethyl adjacent to an activating group) is 1. The minimum Gasteiger partial charge on any atom is -0.497 e. The van der Waals surface area contributed by atoms with Crippen molar-refractivity contribution in [1.82, 2.24) is 29.9 Å². The summed E-state index contributed by atoms with van der Waals surface area (Å²) in [6.45, 7) is 8.14. The van der Waals surface area contributed by atoms with Crippen molar-refractivity contribution in [1.29, 1.82) is 0 Å². The highest BCUT2D eigenvalue weighted by Crippen LogP contribution is 2.40. The molecule has 3 amide bonds. The number of hydrogen-bond acceptors (Lipinski definition) is 12. The molecule has 5 aromatic carbocycles. The highest BCUT2D eigenvalue weighted by molar-refractivity contribution is 7.15. The molecule has 17 heteroatoms. The van der Waals surface area contributed by atoms with Gasteiger partial charge in [0.15, 0.2) is 5.82 Å². The summed E-state index contributed by atoms with van der Waals surface area (Å²) in [6, 6.07) is 33.1. The molecule has 382 valence electrons. The zero-order valence-corrected chi connectivity index (χ0v) is 44.1. The van der Waals surface area contributed by atoms with E-state index in [4.69, 9.17) is 35.5 Å². The Labute approximate surface area is 440 Å². The second-order valence-corrected chi connectivity index (χ2v) is 20.1. The smallest absolute Gasteiger partial charge is 0.255 e. The van der Waals surface area contributed by atoms with Crippen LogP contribution in [0.25, 0.3) is 27.3 Å². The van der Waals surface area contributed by atoms with Gasteiger partial charge in [-0.1, -0.05) is 48.0 Å². The number of nitrogens with one attached hydrogen (secondary N) is 2. The van der Waals surface area contributed by atoms with E-state index in [1.54, 1.807) is 50.8 Å². The lowest BCUT2D eigenvalue weighted by Crippen LogP contribution is -2.40. The molecule has 1 atom stereocenters. The highest BCUT2D eigenvalue weighted by Gasteiger charge is 2.33. The van der Waals surface area contributed by atoms with Crippen LogP contribution < -0.4 is 29.6 Å². The largest absolute Gasteiger partial charge is 0.497 e. The van der Waals surface area contributed by atoms with Crippen LogP contribution in [-0.4, -0.2) is 115 Å². The average molecular weight is 1040 g/mol. The van der Waals surface area contributed by atoms with Crippen molar-refractivity contribution in [2.24, 2.45) is 4.99 Å². The molecule has 9 rings (SSSR count). The number of aromatic nitrogens is 3. The van der Waals surface area contributed by atoms with Gasteiger partial charge in [-0.15, -0.1) is 21.5 Å². The van der Waals surface area contributed by atoms with E-state index in [1.807, 2.05) is 102 Å². The number of ether oxygens (including phenoxy) is 4. The molecule has 74 heavy (non-hydrogen) atoms. The molecule has 1 unspecified atom stereocenters. The monoisotopic (exact) mass is 1030 g/mol. The van der Waals surface area contributed by atoms with E-state index in [2.05, 4.69) is 46.6 Å². The van der Waals surface area contributed by atoms with Crippen LogP contribution >= 0.6 is 22.9 Å². The maximum atomic E-state index is 13.7. The molecule has 1 saturated heterocycles. The number of nitrogens with zero attached hydrogens (tertiary/aromatic N) is 6. The van der Waals surface area contributed by atoms with E-state index in [1.165, 1.54) is 4.90 Å². The van der Waals surface area contributed by atoms with Gasteiger partial charge in [-0.3, -0.25) is 23.9 Å². The van der Waals surface area contributed by atoms with Gasteiger partial charge in [0.2, 0.25) is 11.8 Å². The first-order valence-electron chi connectivity index (χ1n) is 24.5. The Hall–Kier alpha value is -7.53. The Balaban J connectivity index is 0.856. The zero-order chi connectivity index (χ0) is 52.0. The predicted molar refractivity (Wildman–Crippen MR) is 290 cm³/mol. The molecule has 2 aliphatic heterocycles. The van der Waals surface area contributed by atoms with Gasteiger partial charge in [0.05, 0.1) is 39.4 Å². The van der Waals surface area contributed by atoms with Gasteiger partial charge in [-0.25, -0.2) is 0 Å². The van der Waals surface area contributed by atoms with Crippen LogP contribution in [-0.2, 0) is 9.59 Å². The summed E-state index contributed by atoms with van der Waals surface area (Å²) in [5, 5.41) is 16.3. The summed E-state index contributed by atoms with van der Waals surface area (Å²) >= 11 is 7.92. The lowest BCUT2D eigenvalue weighted by Gasteiger charge is -2.29. The fourth-order valence-electron chi connectivity index (χ4n) is 9.14. The lowest BCUT2D eigenvalue weighted by molar-refractivity contribution is -0.132. The number of fused-ring (bicyclic) bond motifs is 3. The van der Waals surface area contributed by atoms with Crippen molar-refractivity contribution in [3.8, 4) is 50.3 Å². The number of aryl methyl sites for hydroxylation is 2. The number of hydrogen-bond donors (Lipinski definition) is 2. The molecule has 7 aromatic rings. The van der Waals surface area contributed by atoms with Crippen LogP contribution in [0.4, 0.5) is 5.69 Å². The molecule has 0 bridgehead atoms. The SMILES string of the molecule is COc1cccc(-c2cc(C(=O)Nc3ccc(-c4ccc(OC5CCN(C)CC5)cc4OCCN(C)C(=O)CNC(=O)CC4N=C(c5ccc(Cl)cc5)c5c(sc(C)c5C)-n5c(C)nnc54)cc3)ccc2OC)c1. The van der Waals surface area contributed by atoms with Gasteiger partial charge >= 0.3 is 0 Å². The summed E-state index contributed by atoms with van der Waals surface area (Å²) in [5.41, 5.74) is 8.03. The molecule has 4 heterocycles. The van der Waals surface area contributed by atoms with Crippen molar-refractivity contribution >= 4 is 52.1 Å². The van der Waals surface area contributed by atoms with Crippen molar-refractivity contribution in [2.45, 2.75) is 52.2 Å². The first-order valence-corrected chi connectivity index (χ1v) is 25.7. The molecule has 2 aromatic heterocycles. The van der Waals surface area contributed by atoms with E-state index in [0.717, 1.165) is 80.5 Å². The van der Waals surface area contributed by atoms with Crippen molar-refractivity contribution in [3.05, 3.63) is 153 Å². The lowest BCUT2D eigenvalue weighted by atomic mass is 9.99. The Kier molecular flexibility index (Phi) is 15.8. The van der Waals surface area contributed by atoms with E-state index >= 15 is 0 Å². The number of aliphatic imine (C=N–C) groups is 1. The number of carbonyl (C=O) groups excluding carboxylic acids is 3. The Bertz CT molecular complexity index is 3220. The number of benzene rings is 5. The molecular weight excluding hydrogens is 976 g/mol. The molecule has 2 aliphatic rings. The number of amides is 3. The van der Waals surface area contributed by atoms with Gasteiger partial charge in [0.25, 0.3) is 5.91 Å². The standard InChI is InChI=1S/C57H59ClN8O7S/c1-34-35(2)74-57-53(34)54(38-11-16-41(58)17-12-38)61-48(55-63-62-36(3)66(55)57)32-51(67)59-33-52(68)65(5)27-28-72-50-31-45(73-43-23-25-64(4)26-24-43)20-21-46(50)37-13-18-42(19-14-37)60-56(69)40-15-22-49(71-7)47(30-40)39-9-8-10-44(29-39)70-6/h8-22,29-31,43,48H,23-28,32-33H2,1-7H3,(H,59,67)(H,60,69). The first-order chi connectivity index (χ1) is 35.8. The second-order valence-electron chi connectivity index (χ2n) is 18.5. The number of likely N-dealkylation sites (tertiary alicyclic amines) is 1. The van der Waals surface area contributed by atoms with Crippen LogP contribution in [0.1, 0.15) is 68.9 Å². The predicted octanol–water partition coefficient (Wildman–Crippen LogP) is 9.92. The summed E-state index contributed by atoms with van der Waals surface area (Å²) in [5.74, 6) is 2.92. The van der Waals surface area contributed by atoms with Crippen molar-refractivity contribution in [2.75, 3.05) is 66.4 Å². The number of thiophene rings is 1. The van der Waals surface area contributed by atoms with Crippen LogP contribution in [0.2, 0.25) is 5.02 Å². The van der Waals surface area contributed by atoms with Gasteiger partial charge in [-0.2, -0.15) is 0 Å². The minimum absolute atomic E-state index is 0.0526. The molecule has 15 nitrogen and oxygen atoms in total. The molecule has 0 spiro atoms. The molecule has 0 aliphatic carbocycles. The number of piperidine rings is 1. The number of carbonyl (C=O) groups is 3. The number of methoxy groups -OCH3 is 2. The molecule has 0 saturated carbocycles. The number of halogens is 1. The highest BCUT2D eigenvalue weighted by atomic mass is 35.5. The average Bonchev–Trinajstić information content (AvgIpc) is 3.90. The van der Waals surface area contributed by atoms with Crippen molar-refractivity contribution in [3.63, 3.8) is 0 Å². The van der Waals surface area contributed by atoms with Crippen molar-refractivity contribution < 1.29 is 33.3 Å². The normalized spacial score (nSPS) is 14.5. The van der Waals surface area contributed by atoms with Crippen LogP contribution in [0.5, 0.6) is 23.0 Å². The second kappa shape index (κ2) is 22.7. The zero-order valence-electron chi connectivity index (χ0n) is 42.5. The van der Waals surface area contributed by atoms with Gasteiger partial charge in [0, 0.05) is 69.6 Å². The Morgan fingerprint density at radius 3 is 2.31 bits per heavy atom. The first kappa shape index (κ1) is 51.4. The molecular formula is C57H59ClN8O7S. The third-order valence-electron chi connectivity index (χ3n) is 13.5. The van der Waals surface area contributed by atoms with Crippen LogP contribution in [0.3, 0.4) is 0 Å². The summed E-state index contributed by atoms with van der Waals surface area (Å²) in [6.07, 6.45) is 1.86. The van der Waals surface area contributed by atoms with Crippen LogP contribution in [0.15, 0.2) is 114 Å². The Morgan fingerprint density at radius 2 is 1.57 bits per heavy atom. The summed E-state index contributed by atoms with van der Waals surface area (Å²) < 4.78 is 26.0. The van der Waals surface area contributed by atoms with Crippen LogP contribution in [0, 0.1) is 20.8 Å². The molecule has 1 fully saturated rings. The topological polar surface area (TPSA) is 162 Å². The molecule has 0 radical (unpaired) electrons. The quantitative estimate of drug-likeness (QED) is 0.0898. The summed E-state index contributed by atoms with van der Waals surface area (Å²) in [4.78, 5) is 51.0. The van der Waals surface area contributed by atoms with E-state index in [0.29, 0.717) is 50.9 Å². The maximum Gasteiger partial charge on any atom is 0.255 e. The molecule has 2 N–H and O–H groups in total. The minimum atomic E-state index is -0.676. The Morgan fingerprint density at radius 1 is 0.811 bits per heavy atom. The number of rotatable bonds is 17. The third-order valence-corrected chi connectivity index (χ3v) is 14.9. The number of anilines is 1. The van der Waals surface area contributed by atoms with Gasteiger partial charge < -0.3 is 39.4 Å². The van der Waals surface area contributed by atoms with E-state index in [9.17, 15) is 14.4 Å². The van der Waals surface area contributed by atoms with Gasteiger partial charge in [-0.05, 0) is 124 Å². The third kappa shape index (κ3) is 11.5. The summed E-state index contributed by atoms with van der Waals surface area (Å²) in [7, 11) is 7.01. The van der Waals surface area contributed by atoms with Gasteiger partial charge in [0.1, 0.15) is 52.6 Å². The van der Waals surface area contributed by atoms with E-state index in [-0.39, 0.29) is 49.9 Å². The van der Waals surface area contributed by atoms with E-state index < -0.39 is 6.04 Å². The maximum absolute atomic E-state index is 13.7. The fourth-order valence-corrected chi connectivity index (χ4v) is 10.5. The fraction of sp³-hybridized carbons (Fsp3) is 0.298.